The van der Waals surface area contributed by atoms with E-state index < -0.39 is 19.9 Å². The topological polar surface area (TPSA) is 129 Å². The van der Waals surface area contributed by atoms with E-state index in [4.69, 9.17) is 23.0 Å². The van der Waals surface area contributed by atoms with Gasteiger partial charge < -0.3 is 10.7 Å². The van der Waals surface area contributed by atoms with Crippen LogP contribution in [-0.2, 0) is 7.67 Å². The van der Waals surface area contributed by atoms with Crippen molar-refractivity contribution in [3.8, 4) is 0 Å². The Morgan fingerprint density at radius 3 is 1.50 bits per heavy atom. The van der Waals surface area contributed by atoms with Gasteiger partial charge in [-0.05, 0) is 0 Å². The second-order valence-corrected chi connectivity index (χ2v) is 0.591. The van der Waals surface area contributed by atoms with E-state index in [1.165, 1.54) is 0 Å². The van der Waals surface area contributed by atoms with Gasteiger partial charge in [0.25, 0.3) is 5.09 Å². The summed E-state index contributed by atoms with van der Waals surface area (Å²) in [7, 11) is 0. The molecule has 0 fully saturated rings. The van der Waals surface area contributed by atoms with Gasteiger partial charge in [-0.2, -0.15) is 0 Å². The van der Waals surface area contributed by atoms with Crippen molar-refractivity contribution in [2.24, 2.45) is 0 Å². The van der Waals surface area contributed by atoms with Crippen molar-refractivity contribution in [2.45, 2.75) is 0 Å². The van der Waals surface area contributed by atoms with Crippen LogP contribution < -0.4 is 0 Å². The van der Waals surface area contributed by atoms with Crippen molar-refractivity contribution in [3.05, 3.63) is 10.1 Å². The number of rotatable bonds is 0. The molecule has 8 heteroatoms. The van der Waals surface area contributed by atoms with Crippen LogP contribution in [0.2, 0.25) is 0 Å². The van der Waals surface area contributed by atoms with Crippen molar-refractivity contribution in [1.29, 1.82) is 0 Å². The molecule has 0 atom stereocenters. The van der Waals surface area contributed by atoms with Crippen LogP contribution in [-0.4, -0.2) is 30.6 Å². The van der Waals surface area contributed by atoms with Crippen LogP contribution in [0.5, 0.6) is 0 Å². The van der Waals surface area contributed by atoms with E-state index in [1.807, 2.05) is 0 Å². The fourth-order valence-corrected chi connectivity index (χ4v) is 0. The van der Waals surface area contributed by atoms with Gasteiger partial charge >= 0.3 is 22.5 Å². The Hall–Kier alpha value is -0.721. The minimum absolute atomic E-state index is 0. The Bertz CT molecular complexity index is 76.5. The molecule has 50 valence electrons. The molecule has 3 N–H and O–H groups in total. The predicted octanol–water partition coefficient (Wildman–Crippen LogP) is -1.79. The summed E-state index contributed by atoms with van der Waals surface area (Å²) in [4.78, 5) is 8.36. The summed E-state index contributed by atoms with van der Waals surface area (Å²) in [5.41, 5.74) is 0. The molecule has 0 aliphatic carbocycles. The Kier molecular flexibility index (Phi) is 31.9. The minimum atomic E-state index is -1.62. The molecule has 0 aromatic rings. The Labute approximate surface area is 49.3 Å². The zero-order valence-corrected chi connectivity index (χ0v) is 5.15. The quantitative estimate of drug-likeness (QED) is 0.275. The maximum absolute atomic E-state index is 8.44. The summed E-state index contributed by atoms with van der Waals surface area (Å²) in [6.45, 7) is 0. The fraction of sp³-hybridized carbons (Fsp3) is 0. The Morgan fingerprint density at radius 1 is 1.50 bits per heavy atom. The van der Waals surface area contributed by atoms with Crippen molar-refractivity contribution in [1.82, 2.24) is 0 Å². The van der Waals surface area contributed by atoms with E-state index in [0.29, 0.717) is 0 Å². The first-order valence-corrected chi connectivity index (χ1v) is 2.30. The van der Waals surface area contributed by atoms with Gasteiger partial charge in [0.05, 0.1) is 0 Å². The third-order valence-electron chi connectivity index (χ3n) is 0. The van der Waals surface area contributed by atoms with Gasteiger partial charge in [-0.3, -0.25) is 0 Å². The van der Waals surface area contributed by atoms with Gasteiger partial charge in [0.1, 0.15) is 0 Å². The van der Waals surface area contributed by atoms with E-state index >= 15 is 0 Å². The number of nitrogens with zero attached hydrogens (tertiary/aromatic N) is 1. The molecule has 7 nitrogen and oxygen atoms in total. The van der Waals surface area contributed by atoms with Crippen molar-refractivity contribution in [3.63, 3.8) is 0 Å². The first-order chi connectivity index (χ1) is 3.15. The molecule has 0 heterocycles. The molecule has 0 rings (SSSR count). The van der Waals surface area contributed by atoms with E-state index in [9.17, 15) is 0 Å². The second-order valence-electron chi connectivity index (χ2n) is 0.306. The van der Waals surface area contributed by atoms with Gasteiger partial charge in [0, 0.05) is 0 Å². The molecule has 0 spiro atoms. The molecule has 0 amide bonds. The molecular formula is H3NO6Se. The van der Waals surface area contributed by atoms with Crippen molar-refractivity contribution in [2.75, 3.05) is 0 Å². The van der Waals surface area contributed by atoms with Crippen LogP contribution in [0.4, 0.5) is 0 Å². The van der Waals surface area contributed by atoms with Gasteiger partial charge in [-0.15, -0.1) is 10.1 Å². The normalized spacial score (nSPS) is 4.50. The molecule has 8 heavy (non-hydrogen) atoms. The van der Waals surface area contributed by atoms with Crippen LogP contribution in [0.15, 0.2) is 0 Å². The summed E-state index contributed by atoms with van der Waals surface area (Å²) in [6, 6.07) is 0. The Balaban J connectivity index is -0.0000000575. The first-order valence-electron chi connectivity index (χ1n) is 0.898. The molecule has 0 bridgehead atoms. The zero-order valence-electron chi connectivity index (χ0n) is 3.44. The van der Waals surface area contributed by atoms with Crippen LogP contribution in [0.1, 0.15) is 0 Å². The average Bonchev–Trinajstić information content (AvgIpc) is 1.33. The molecular weight excluding hydrogens is 189 g/mol. The number of hydrogen-bond acceptors (Lipinski definition) is 4. The second kappa shape index (κ2) is 16.3. The van der Waals surface area contributed by atoms with Gasteiger partial charge in [-0.25, -0.2) is 0 Å². The molecule has 0 aromatic carbocycles. The zero-order chi connectivity index (χ0) is 6.28. The summed E-state index contributed by atoms with van der Waals surface area (Å²) >= 11 is -1.62. The first kappa shape index (κ1) is 15.7. The molecule has 0 radical (unpaired) electrons. The summed E-state index contributed by atoms with van der Waals surface area (Å²) < 4.78 is 16.9. The summed E-state index contributed by atoms with van der Waals surface area (Å²) in [5.74, 6) is 0. The van der Waals surface area contributed by atoms with Gasteiger partial charge in [0.15, 0.2) is 0 Å². The molecule has 0 aromatic heterocycles. The molecule has 0 aliphatic heterocycles. The average molecular weight is 192 g/mol. The van der Waals surface area contributed by atoms with E-state index in [-0.39, 0.29) is 5.48 Å². The Morgan fingerprint density at radius 2 is 1.50 bits per heavy atom. The van der Waals surface area contributed by atoms with Crippen molar-refractivity contribution < 1.29 is 23.4 Å². The molecule has 0 unspecified atom stereocenters. The SMILES string of the molecule is O.O=[N+]([O-])O.O=[Se]=O. The number of hydrogen-bond donors (Lipinski definition) is 1. The van der Waals surface area contributed by atoms with Crippen LogP contribution >= 0.6 is 0 Å². The van der Waals surface area contributed by atoms with Crippen LogP contribution in [0, 0.1) is 10.1 Å². The van der Waals surface area contributed by atoms with Gasteiger partial charge in [-0.1, -0.05) is 0 Å². The third kappa shape index (κ3) is 186. The monoisotopic (exact) mass is 193 g/mol. The van der Waals surface area contributed by atoms with E-state index in [0.717, 1.165) is 0 Å². The van der Waals surface area contributed by atoms with Crippen LogP contribution in [0.25, 0.3) is 0 Å². The van der Waals surface area contributed by atoms with E-state index in [1.54, 1.807) is 0 Å². The molecule has 0 aliphatic rings. The standard InChI is InChI=1S/HNO3.O2Se.H2O/c2-1(3)4;1-3-2;/h(H,2,3,4);;1H2. The maximum atomic E-state index is 8.44. The molecule has 0 saturated carbocycles. The fourth-order valence-electron chi connectivity index (χ4n) is 0. The molecule has 0 saturated heterocycles. The summed E-state index contributed by atoms with van der Waals surface area (Å²) in [5, 5.41) is 13.6. The van der Waals surface area contributed by atoms with E-state index in [2.05, 4.69) is 0 Å². The van der Waals surface area contributed by atoms with Gasteiger partial charge in [0.2, 0.25) is 0 Å². The summed E-state index contributed by atoms with van der Waals surface area (Å²) in [6.07, 6.45) is 0. The van der Waals surface area contributed by atoms with Crippen molar-refractivity contribution >= 4 is 14.8 Å². The predicted molar refractivity (Wildman–Crippen MR) is 19.5 cm³/mol. The third-order valence-corrected chi connectivity index (χ3v) is 0. The van der Waals surface area contributed by atoms with Crippen LogP contribution in [0.3, 0.4) is 0 Å².